The molecule has 1 aromatic heterocycles. The van der Waals surface area contributed by atoms with E-state index < -0.39 is 0 Å². The standard InChI is InChI=1S/C24H16BrClN4O/c25-16-9-5-14(6-10-16)22-20-21(29-24-27-13-28-30(22)24)18-3-1-2-4-19(18)31-23(20)15-7-11-17(26)12-8-15/h1-13,22-23H,(H,27,28,29)/t22-,23-/m0/s1. The topological polar surface area (TPSA) is 52.0 Å². The van der Waals surface area contributed by atoms with Gasteiger partial charge in [0, 0.05) is 20.6 Å². The van der Waals surface area contributed by atoms with Gasteiger partial charge in [0.2, 0.25) is 5.95 Å². The lowest BCUT2D eigenvalue weighted by molar-refractivity contribution is 0.223. The molecule has 0 saturated heterocycles. The van der Waals surface area contributed by atoms with Crippen molar-refractivity contribution in [3.05, 3.63) is 111 Å². The molecule has 1 N–H and O–H groups in total. The lowest BCUT2D eigenvalue weighted by Crippen LogP contribution is -2.32. The molecule has 5 nitrogen and oxygen atoms in total. The van der Waals surface area contributed by atoms with Gasteiger partial charge in [0.15, 0.2) is 0 Å². The van der Waals surface area contributed by atoms with Crippen LogP contribution in [0.5, 0.6) is 5.75 Å². The molecule has 2 aliphatic heterocycles. The van der Waals surface area contributed by atoms with Gasteiger partial charge in [-0.3, -0.25) is 0 Å². The Hall–Kier alpha value is -3.09. The number of ether oxygens (including phenoxy) is 1. The van der Waals surface area contributed by atoms with Crippen LogP contribution in [0.2, 0.25) is 5.02 Å². The average Bonchev–Trinajstić information content (AvgIpc) is 3.27. The molecular formula is C24H16BrClN4O. The number of para-hydroxylation sites is 1. The molecule has 0 radical (unpaired) electrons. The van der Waals surface area contributed by atoms with Crippen molar-refractivity contribution in [3.8, 4) is 5.75 Å². The Bertz CT molecular complexity index is 1310. The van der Waals surface area contributed by atoms with E-state index in [-0.39, 0.29) is 12.1 Å². The molecular weight excluding hydrogens is 476 g/mol. The van der Waals surface area contributed by atoms with E-state index in [1.54, 1.807) is 6.33 Å². The lowest BCUT2D eigenvalue weighted by atomic mass is 9.84. The first-order valence-corrected chi connectivity index (χ1v) is 11.0. The molecule has 0 aliphatic carbocycles. The molecule has 3 aromatic carbocycles. The summed E-state index contributed by atoms with van der Waals surface area (Å²) in [6, 6.07) is 24.0. The van der Waals surface area contributed by atoms with E-state index in [1.807, 2.05) is 59.3 Å². The summed E-state index contributed by atoms with van der Waals surface area (Å²) in [5, 5.41) is 8.75. The number of nitrogens with one attached hydrogen (secondary N) is 1. The third kappa shape index (κ3) is 3.06. The van der Waals surface area contributed by atoms with Gasteiger partial charge in [-0.05, 0) is 47.5 Å². The number of fused-ring (bicyclic) bond motifs is 3. The van der Waals surface area contributed by atoms with E-state index in [4.69, 9.17) is 16.3 Å². The molecule has 0 bridgehead atoms. The number of anilines is 1. The Labute approximate surface area is 192 Å². The van der Waals surface area contributed by atoms with E-state index >= 15 is 0 Å². The molecule has 0 saturated carbocycles. The molecule has 3 heterocycles. The number of aromatic nitrogens is 3. The van der Waals surface area contributed by atoms with Gasteiger partial charge in [0.05, 0.1) is 5.70 Å². The van der Waals surface area contributed by atoms with Crippen molar-refractivity contribution in [3.63, 3.8) is 0 Å². The Morgan fingerprint density at radius 1 is 0.935 bits per heavy atom. The van der Waals surface area contributed by atoms with Gasteiger partial charge in [-0.1, -0.05) is 63.9 Å². The Morgan fingerprint density at radius 2 is 1.68 bits per heavy atom. The van der Waals surface area contributed by atoms with Gasteiger partial charge in [0.1, 0.15) is 24.2 Å². The minimum atomic E-state index is -0.305. The SMILES string of the molecule is Clc1ccc([C@@H]2Oc3ccccc3C3=C2[C@H](c2ccc(Br)cc2)n2ncnc2N3)cc1. The quantitative estimate of drug-likeness (QED) is 0.360. The minimum Gasteiger partial charge on any atom is -0.480 e. The molecule has 0 spiro atoms. The maximum absolute atomic E-state index is 6.58. The number of hydrogen-bond acceptors (Lipinski definition) is 4. The van der Waals surface area contributed by atoms with Gasteiger partial charge >= 0.3 is 0 Å². The monoisotopic (exact) mass is 490 g/mol. The highest BCUT2D eigenvalue weighted by Crippen LogP contribution is 2.50. The van der Waals surface area contributed by atoms with E-state index in [0.29, 0.717) is 11.0 Å². The van der Waals surface area contributed by atoms with Crippen LogP contribution in [0.4, 0.5) is 5.95 Å². The zero-order valence-electron chi connectivity index (χ0n) is 16.2. The van der Waals surface area contributed by atoms with E-state index in [1.165, 1.54) is 0 Å². The largest absolute Gasteiger partial charge is 0.480 e. The van der Waals surface area contributed by atoms with Gasteiger partial charge in [-0.2, -0.15) is 10.1 Å². The minimum absolute atomic E-state index is 0.170. The third-order valence-corrected chi connectivity index (χ3v) is 6.46. The van der Waals surface area contributed by atoms with Crippen molar-refractivity contribution in [2.75, 3.05) is 5.32 Å². The van der Waals surface area contributed by atoms with Gasteiger partial charge in [0.25, 0.3) is 0 Å². The zero-order chi connectivity index (χ0) is 20.9. The van der Waals surface area contributed by atoms with Crippen LogP contribution in [-0.2, 0) is 0 Å². The third-order valence-electron chi connectivity index (χ3n) is 5.68. The highest BCUT2D eigenvalue weighted by atomic mass is 79.9. The molecule has 2 atom stereocenters. The molecule has 0 amide bonds. The fourth-order valence-electron chi connectivity index (χ4n) is 4.30. The second-order valence-electron chi connectivity index (χ2n) is 7.48. The number of benzene rings is 3. The second-order valence-corrected chi connectivity index (χ2v) is 8.84. The summed E-state index contributed by atoms with van der Waals surface area (Å²) in [6.45, 7) is 0. The van der Waals surface area contributed by atoms with Crippen LogP contribution in [0.15, 0.2) is 89.2 Å². The van der Waals surface area contributed by atoms with Crippen LogP contribution in [0, 0.1) is 0 Å². The number of hydrogen-bond donors (Lipinski definition) is 1. The molecule has 4 aromatic rings. The zero-order valence-corrected chi connectivity index (χ0v) is 18.5. The molecule has 31 heavy (non-hydrogen) atoms. The second kappa shape index (κ2) is 7.25. The molecule has 0 fully saturated rings. The summed E-state index contributed by atoms with van der Waals surface area (Å²) in [6.07, 6.45) is 1.28. The van der Waals surface area contributed by atoms with E-state index in [0.717, 1.165) is 38.2 Å². The summed E-state index contributed by atoms with van der Waals surface area (Å²) in [5.74, 6) is 1.54. The van der Waals surface area contributed by atoms with Crippen LogP contribution in [0.25, 0.3) is 5.70 Å². The van der Waals surface area contributed by atoms with Crippen molar-refractivity contribution < 1.29 is 4.74 Å². The van der Waals surface area contributed by atoms with Crippen molar-refractivity contribution in [1.82, 2.24) is 14.8 Å². The maximum Gasteiger partial charge on any atom is 0.226 e. The van der Waals surface area contributed by atoms with Gasteiger partial charge < -0.3 is 10.1 Å². The maximum atomic E-state index is 6.58. The van der Waals surface area contributed by atoms with Crippen molar-refractivity contribution in [2.45, 2.75) is 12.1 Å². The molecule has 2 aliphatic rings. The Balaban J connectivity index is 1.62. The fraction of sp³-hybridized carbons (Fsp3) is 0.0833. The first-order valence-electron chi connectivity index (χ1n) is 9.86. The predicted octanol–water partition coefficient (Wildman–Crippen LogP) is 6.25. The fourth-order valence-corrected chi connectivity index (χ4v) is 4.69. The van der Waals surface area contributed by atoms with Crippen LogP contribution in [0.3, 0.4) is 0 Å². The summed E-state index contributed by atoms with van der Waals surface area (Å²) in [5.41, 5.74) is 5.24. The van der Waals surface area contributed by atoms with Crippen molar-refractivity contribution in [2.24, 2.45) is 0 Å². The van der Waals surface area contributed by atoms with Crippen molar-refractivity contribution in [1.29, 1.82) is 0 Å². The molecule has 152 valence electrons. The first-order chi connectivity index (χ1) is 15.2. The first kappa shape index (κ1) is 18.7. The number of rotatable bonds is 2. The van der Waals surface area contributed by atoms with Gasteiger partial charge in [-0.15, -0.1) is 0 Å². The van der Waals surface area contributed by atoms with Crippen LogP contribution in [0.1, 0.15) is 28.8 Å². The highest BCUT2D eigenvalue weighted by Gasteiger charge is 2.40. The summed E-state index contributed by atoms with van der Waals surface area (Å²) < 4.78 is 9.53. The summed E-state index contributed by atoms with van der Waals surface area (Å²) >= 11 is 9.71. The van der Waals surface area contributed by atoms with Crippen molar-refractivity contribution >= 4 is 39.2 Å². The molecule has 7 heteroatoms. The van der Waals surface area contributed by atoms with E-state index in [2.05, 4.69) is 49.5 Å². The van der Waals surface area contributed by atoms with Gasteiger partial charge in [-0.25, -0.2) is 4.68 Å². The van der Waals surface area contributed by atoms with Crippen LogP contribution >= 0.6 is 27.5 Å². The predicted molar refractivity (Wildman–Crippen MR) is 124 cm³/mol. The normalized spacial score (nSPS) is 19.0. The summed E-state index contributed by atoms with van der Waals surface area (Å²) in [4.78, 5) is 4.46. The smallest absolute Gasteiger partial charge is 0.226 e. The van der Waals surface area contributed by atoms with Crippen LogP contribution in [-0.4, -0.2) is 14.8 Å². The number of nitrogens with zero attached hydrogens (tertiary/aromatic N) is 3. The summed E-state index contributed by atoms with van der Waals surface area (Å²) in [7, 11) is 0. The number of halogens is 2. The van der Waals surface area contributed by atoms with Crippen LogP contribution < -0.4 is 10.1 Å². The lowest BCUT2D eigenvalue weighted by Gasteiger charge is -2.39. The molecule has 0 unspecified atom stereocenters. The van der Waals surface area contributed by atoms with E-state index in [9.17, 15) is 0 Å². The highest BCUT2D eigenvalue weighted by molar-refractivity contribution is 9.10. The Kier molecular flexibility index (Phi) is 4.37. The average molecular weight is 492 g/mol. The molecule has 6 rings (SSSR count). The Morgan fingerprint density at radius 3 is 2.48 bits per heavy atom.